The van der Waals surface area contributed by atoms with Gasteiger partial charge in [-0.05, 0) is 73.0 Å². The van der Waals surface area contributed by atoms with E-state index in [0.717, 1.165) is 62.0 Å². The van der Waals surface area contributed by atoms with Crippen molar-refractivity contribution >= 4 is 10.9 Å². The van der Waals surface area contributed by atoms with Crippen molar-refractivity contribution in [3.63, 3.8) is 0 Å². The molecule has 0 radical (unpaired) electrons. The summed E-state index contributed by atoms with van der Waals surface area (Å²) < 4.78 is 22.6. The van der Waals surface area contributed by atoms with Gasteiger partial charge in [0.05, 0.1) is 12.6 Å². The number of benzene rings is 3. The maximum absolute atomic E-state index is 14.9. The first-order valence-corrected chi connectivity index (χ1v) is 12.7. The summed E-state index contributed by atoms with van der Waals surface area (Å²) in [6, 6.07) is 25.0. The Morgan fingerprint density at radius 3 is 2.69 bits per heavy atom. The number of aromatic nitrogens is 1. The molecule has 4 aromatic rings. The summed E-state index contributed by atoms with van der Waals surface area (Å²) in [6.07, 6.45) is 4.10. The van der Waals surface area contributed by atoms with Crippen LogP contribution in [0, 0.1) is 11.7 Å². The molecule has 0 spiro atoms. The number of rotatable bonds is 5. The molecule has 4 heteroatoms. The summed E-state index contributed by atoms with van der Waals surface area (Å²) in [7, 11) is 3.78. The van der Waals surface area contributed by atoms with E-state index < -0.39 is 0 Å². The topological polar surface area (TPSA) is 17.4 Å². The molecule has 35 heavy (non-hydrogen) atoms. The van der Waals surface area contributed by atoms with Crippen molar-refractivity contribution in [2.24, 2.45) is 13.0 Å². The number of nitrogens with zero attached hydrogens (tertiary/aromatic N) is 2. The molecule has 1 aliphatic carbocycles. The Kier molecular flexibility index (Phi) is 5.64. The van der Waals surface area contributed by atoms with E-state index in [1.54, 1.807) is 13.2 Å². The molecule has 3 nitrogen and oxygen atoms in total. The fourth-order valence-electron chi connectivity index (χ4n) is 6.77. The van der Waals surface area contributed by atoms with Crippen LogP contribution in [0.4, 0.5) is 4.39 Å². The average Bonchev–Trinajstić information content (AvgIpc) is 3.18. The highest BCUT2D eigenvalue weighted by Crippen LogP contribution is 2.50. The third-order valence-corrected chi connectivity index (χ3v) is 8.67. The van der Waals surface area contributed by atoms with Gasteiger partial charge in [0, 0.05) is 36.6 Å². The summed E-state index contributed by atoms with van der Waals surface area (Å²) in [6.45, 7) is 3.22. The number of halogens is 1. The van der Waals surface area contributed by atoms with Crippen molar-refractivity contribution in [3.05, 3.63) is 101 Å². The van der Waals surface area contributed by atoms with Gasteiger partial charge in [-0.2, -0.15) is 0 Å². The number of fused-ring (bicyclic) bond motifs is 4. The fourth-order valence-corrected chi connectivity index (χ4v) is 6.77. The Labute approximate surface area is 207 Å². The first-order chi connectivity index (χ1) is 17.1. The Morgan fingerprint density at radius 1 is 1.03 bits per heavy atom. The quantitative estimate of drug-likeness (QED) is 0.361. The monoisotopic (exact) mass is 468 g/mol. The highest BCUT2D eigenvalue weighted by atomic mass is 19.1. The van der Waals surface area contributed by atoms with Crippen LogP contribution in [0.1, 0.15) is 28.8 Å². The second-order valence-electron chi connectivity index (χ2n) is 10.4. The van der Waals surface area contributed by atoms with E-state index in [2.05, 4.69) is 64.1 Å². The Balaban J connectivity index is 1.39. The average molecular weight is 469 g/mol. The van der Waals surface area contributed by atoms with Crippen molar-refractivity contribution in [1.29, 1.82) is 0 Å². The molecular formula is C31H33FN2O. The first-order valence-electron chi connectivity index (χ1n) is 12.7. The zero-order valence-corrected chi connectivity index (χ0v) is 20.6. The van der Waals surface area contributed by atoms with Crippen LogP contribution in [0.5, 0.6) is 5.75 Å². The van der Waals surface area contributed by atoms with E-state index in [9.17, 15) is 4.39 Å². The van der Waals surface area contributed by atoms with Crippen LogP contribution < -0.4 is 4.74 Å². The van der Waals surface area contributed by atoms with Gasteiger partial charge in [-0.25, -0.2) is 4.39 Å². The Hall–Kier alpha value is -3.11. The van der Waals surface area contributed by atoms with Crippen molar-refractivity contribution in [3.8, 4) is 5.75 Å². The van der Waals surface area contributed by atoms with Gasteiger partial charge >= 0.3 is 0 Å². The van der Waals surface area contributed by atoms with Crippen molar-refractivity contribution < 1.29 is 9.13 Å². The zero-order chi connectivity index (χ0) is 24.0. The number of piperidine rings is 1. The summed E-state index contributed by atoms with van der Waals surface area (Å²) in [4.78, 5) is 2.65. The van der Waals surface area contributed by atoms with Crippen molar-refractivity contribution in [2.45, 2.75) is 31.1 Å². The molecule has 2 atom stereocenters. The van der Waals surface area contributed by atoms with Crippen LogP contribution in [0.25, 0.3) is 10.9 Å². The molecule has 0 amide bonds. The Bertz CT molecular complexity index is 1360. The van der Waals surface area contributed by atoms with E-state index in [0.29, 0.717) is 5.92 Å². The minimum atomic E-state index is -0.123. The van der Waals surface area contributed by atoms with Crippen LogP contribution in [0.15, 0.2) is 72.8 Å². The predicted molar refractivity (Wildman–Crippen MR) is 140 cm³/mol. The lowest BCUT2D eigenvalue weighted by atomic mass is 9.58. The molecule has 3 aromatic carbocycles. The molecule has 1 fully saturated rings. The smallest absolute Gasteiger partial charge is 0.147 e. The third kappa shape index (κ3) is 3.75. The van der Waals surface area contributed by atoms with Crippen molar-refractivity contribution in [1.82, 2.24) is 9.47 Å². The second kappa shape index (κ2) is 8.83. The number of ether oxygens (including phenoxy) is 1. The largest absolute Gasteiger partial charge is 0.497 e. The highest BCUT2D eigenvalue weighted by Gasteiger charge is 2.48. The minimum absolute atomic E-state index is 0.0312. The molecule has 2 heterocycles. The second-order valence-corrected chi connectivity index (χ2v) is 10.4. The van der Waals surface area contributed by atoms with Crippen LogP contribution >= 0.6 is 0 Å². The standard InChI is InChI=1S/C31H33FN2O/c1-33-29-20-31(23-10-6-11-25(18-23)35-2)15-17-34(16-14-22-8-4-3-5-9-22)21-24(31)19-27(29)26-12-7-13-28(32)30(26)33/h3-13,18,24H,14-17,19-21H2,1-2H3. The molecular weight excluding hydrogens is 435 g/mol. The zero-order valence-electron chi connectivity index (χ0n) is 20.6. The maximum Gasteiger partial charge on any atom is 0.147 e. The molecule has 0 saturated carbocycles. The summed E-state index contributed by atoms with van der Waals surface area (Å²) in [5, 5.41) is 1.09. The molecule has 6 rings (SSSR count). The number of para-hydroxylation sites is 1. The van der Waals surface area contributed by atoms with Gasteiger partial charge in [0.25, 0.3) is 0 Å². The Morgan fingerprint density at radius 2 is 1.86 bits per heavy atom. The van der Waals surface area contributed by atoms with E-state index in [4.69, 9.17) is 4.74 Å². The molecule has 1 aliphatic heterocycles. The summed E-state index contributed by atoms with van der Waals surface area (Å²) in [5.41, 5.74) is 6.17. The lowest BCUT2D eigenvalue weighted by molar-refractivity contribution is 0.0815. The van der Waals surface area contributed by atoms with Gasteiger partial charge in [-0.3, -0.25) is 0 Å². The van der Waals surface area contributed by atoms with Gasteiger partial charge < -0.3 is 14.2 Å². The van der Waals surface area contributed by atoms with Crippen molar-refractivity contribution in [2.75, 3.05) is 26.7 Å². The number of hydrogen-bond acceptors (Lipinski definition) is 2. The first kappa shape index (κ1) is 22.4. The SMILES string of the molecule is COc1cccc(C23CCN(CCc4ccccc4)CC2Cc2c(n(C)c4c(F)cccc24)C3)c1. The molecule has 1 aromatic heterocycles. The van der Waals surface area contributed by atoms with E-state index in [-0.39, 0.29) is 11.2 Å². The van der Waals surface area contributed by atoms with Crippen LogP contribution in [-0.4, -0.2) is 36.2 Å². The fraction of sp³-hybridized carbons (Fsp3) is 0.355. The predicted octanol–water partition coefficient (Wildman–Crippen LogP) is 5.93. The van der Waals surface area contributed by atoms with Gasteiger partial charge in [-0.1, -0.05) is 54.6 Å². The number of aryl methyl sites for hydroxylation is 1. The van der Waals surface area contributed by atoms with Gasteiger partial charge in [0.15, 0.2) is 0 Å². The lowest BCUT2D eigenvalue weighted by Crippen LogP contribution is -2.54. The number of methoxy groups -OCH3 is 1. The van der Waals surface area contributed by atoms with E-state index in [1.165, 1.54) is 22.4 Å². The van der Waals surface area contributed by atoms with Crippen LogP contribution in [0.2, 0.25) is 0 Å². The molecule has 2 unspecified atom stereocenters. The minimum Gasteiger partial charge on any atom is -0.497 e. The number of hydrogen-bond donors (Lipinski definition) is 0. The molecule has 2 aliphatic rings. The van der Waals surface area contributed by atoms with E-state index >= 15 is 0 Å². The molecule has 0 N–H and O–H groups in total. The highest BCUT2D eigenvalue weighted by molar-refractivity contribution is 5.86. The summed E-state index contributed by atoms with van der Waals surface area (Å²) in [5.74, 6) is 1.26. The summed E-state index contributed by atoms with van der Waals surface area (Å²) >= 11 is 0. The molecule has 0 bridgehead atoms. The molecule has 1 saturated heterocycles. The normalized spacial score (nSPS) is 22.1. The van der Waals surface area contributed by atoms with Crippen LogP contribution in [-0.2, 0) is 31.7 Å². The maximum atomic E-state index is 14.9. The molecule has 180 valence electrons. The van der Waals surface area contributed by atoms with Gasteiger partial charge in [0.2, 0.25) is 0 Å². The third-order valence-electron chi connectivity index (χ3n) is 8.67. The lowest BCUT2D eigenvalue weighted by Gasteiger charge is -2.51. The van der Waals surface area contributed by atoms with Crippen LogP contribution in [0.3, 0.4) is 0 Å². The van der Waals surface area contributed by atoms with Gasteiger partial charge in [-0.15, -0.1) is 0 Å². The number of likely N-dealkylation sites (tertiary alicyclic amines) is 1. The van der Waals surface area contributed by atoms with Gasteiger partial charge in [0.1, 0.15) is 11.6 Å². The van der Waals surface area contributed by atoms with E-state index in [1.807, 2.05) is 19.2 Å².